The first-order valence-electron chi connectivity index (χ1n) is 9.10. The number of nitrogens with zero attached hydrogens (tertiary/aromatic N) is 1. The van der Waals surface area contributed by atoms with E-state index in [1.807, 2.05) is 36.6 Å². The van der Waals surface area contributed by atoms with Gasteiger partial charge in [0.25, 0.3) is 0 Å². The second-order valence-electron chi connectivity index (χ2n) is 6.37. The number of aromatic nitrogens is 1. The van der Waals surface area contributed by atoms with Crippen molar-refractivity contribution in [1.82, 2.24) is 10.3 Å². The first-order valence-corrected chi connectivity index (χ1v) is 9.98. The van der Waals surface area contributed by atoms with E-state index in [0.29, 0.717) is 17.9 Å². The number of nitrogens with one attached hydrogen (secondary N) is 3. The highest BCUT2D eigenvalue weighted by atomic mass is 32.1. The molecule has 3 amide bonds. The zero-order chi connectivity index (χ0) is 20.6. The zero-order valence-electron chi connectivity index (χ0n) is 16.1. The van der Waals surface area contributed by atoms with Crippen LogP contribution in [0.4, 0.5) is 16.2 Å². The number of anilines is 2. The minimum absolute atomic E-state index is 0.105. The van der Waals surface area contributed by atoms with Crippen molar-refractivity contribution in [3.63, 3.8) is 0 Å². The lowest BCUT2D eigenvalue weighted by molar-refractivity contribution is -0.115. The fourth-order valence-corrected chi connectivity index (χ4v) is 3.28. The number of amides is 3. The molecule has 148 valence electrons. The van der Waals surface area contributed by atoms with Crippen LogP contribution in [-0.2, 0) is 11.2 Å². The highest BCUT2D eigenvalue weighted by Crippen LogP contribution is 2.22. The third kappa shape index (κ3) is 6.02. The Bertz CT molecular complexity index is 994. The van der Waals surface area contributed by atoms with Gasteiger partial charge < -0.3 is 16.0 Å². The van der Waals surface area contributed by atoms with Crippen LogP contribution >= 0.6 is 11.3 Å². The maximum absolute atomic E-state index is 12.3. The predicted octanol–water partition coefficient (Wildman–Crippen LogP) is 4.61. The fraction of sp³-hybridized carbons (Fsp3) is 0.136. The number of carbonyl (C=O) groups is 2. The Kier molecular flexibility index (Phi) is 6.76. The van der Waals surface area contributed by atoms with Gasteiger partial charge in [-0.2, -0.15) is 0 Å². The maximum atomic E-state index is 12.3. The molecule has 0 saturated heterocycles. The van der Waals surface area contributed by atoms with E-state index in [1.54, 1.807) is 41.7 Å². The van der Waals surface area contributed by atoms with Crippen molar-refractivity contribution in [2.24, 2.45) is 0 Å². The van der Waals surface area contributed by atoms with E-state index >= 15 is 0 Å². The molecule has 29 heavy (non-hydrogen) atoms. The molecule has 3 aromatic rings. The third-order valence-electron chi connectivity index (χ3n) is 4.07. The Morgan fingerprint density at radius 3 is 2.28 bits per heavy atom. The summed E-state index contributed by atoms with van der Waals surface area (Å²) in [7, 11) is 0. The molecule has 0 spiro atoms. The number of urea groups is 1. The average Bonchev–Trinajstić information content (AvgIpc) is 3.15. The molecule has 0 atom stereocenters. The Morgan fingerprint density at radius 2 is 1.69 bits per heavy atom. The SMILES string of the molecule is C=CCNC(=O)Nc1ccc(NC(=O)Cc2ccc(-c3csc(C)n3)cc2)cc1. The lowest BCUT2D eigenvalue weighted by atomic mass is 10.1. The quantitative estimate of drug-likeness (QED) is 0.501. The first kappa shape index (κ1) is 20.3. The molecule has 2 aromatic carbocycles. The molecule has 3 rings (SSSR count). The van der Waals surface area contributed by atoms with Gasteiger partial charge >= 0.3 is 6.03 Å². The van der Waals surface area contributed by atoms with Gasteiger partial charge in [0, 0.05) is 28.9 Å². The maximum Gasteiger partial charge on any atom is 0.319 e. The van der Waals surface area contributed by atoms with E-state index in [4.69, 9.17) is 0 Å². The number of hydrogen-bond donors (Lipinski definition) is 3. The second kappa shape index (κ2) is 9.66. The van der Waals surface area contributed by atoms with Gasteiger partial charge in [0.1, 0.15) is 0 Å². The topological polar surface area (TPSA) is 83.1 Å². The summed E-state index contributed by atoms with van der Waals surface area (Å²) in [4.78, 5) is 28.4. The largest absolute Gasteiger partial charge is 0.334 e. The number of aryl methyl sites for hydroxylation is 1. The van der Waals surface area contributed by atoms with Crippen LogP contribution in [0.25, 0.3) is 11.3 Å². The van der Waals surface area contributed by atoms with Crippen molar-refractivity contribution in [3.8, 4) is 11.3 Å². The minimum Gasteiger partial charge on any atom is -0.334 e. The van der Waals surface area contributed by atoms with E-state index < -0.39 is 0 Å². The van der Waals surface area contributed by atoms with Crippen molar-refractivity contribution >= 4 is 34.6 Å². The molecule has 0 radical (unpaired) electrons. The molecule has 6 nitrogen and oxygen atoms in total. The normalized spacial score (nSPS) is 10.2. The van der Waals surface area contributed by atoms with Crippen molar-refractivity contribution in [3.05, 3.63) is 77.1 Å². The summed E-state index contributed by atoms with van der Waals surface area (Å²) in [5.41, 5.74) is 4.23. The smallest absolute Gasteiger partial charge is 0.319 e. The Hall–Kier alpha value is -3.45. The summed E-state index contributed by atoms with van der Waals surface area (Å²) >= 11 is 1.62. The lowest BCUT2D eigenvalue weighted by Crippen LogP contribution is -2.28. The summed E-state index contributed by atoms with van der Waals surface area (Å²) in [6.45, 7) is 5.92. The van der Waals surface area contributed by atoms with Gasteiger partial charge in [-0.1, -0.05) is 30.3 Å². The van der Waals surface area contributed by atoms with E-state index in [9.17, 15) is 9.59 Å². The molecule has 0 aliphatic rings. The molecule has 0 fully saturated rings. The van der Waals surface area contributed by atoms with Crippen molar-refractivity contribution in [1.29, 1.82) is 0 Å². The average molecular weight is 407 g/mol. The standard InChI is InChI=1S/C22H22N4O2S/c1-3-12-23-22(28)26-19-10-8-18(9-11-19)25-21(27)13-16-4-6-17(7-5-16)20-14-29-15(2)24-20/h3-11,14H,1,12-13H2,2H3,(H,25,27)(H2,23,26,28). The molecule has 0 bridgehead atoms. The predicted molar refractivity (Wildman–Crippen MR) is 118 cm³/mol. The minimum atomic E-state index is -0.307. The lowest BCUT2D eigenvalue weighted by Gasteiger charge is -2.09. The van der Waals surface area contributed by atoms with Gasteiger partial charge in [0.2, 0.25) is 5.91 Å². The molecule has 1 aromatic heterocycles. The monoisotopic (exact) mass is 406 g/mol. The number of hydrogen-bond acceptors (Lipinski definition) is 4. The van der Waals surface area contributed by atoms with Crippen LogP contribution in [0.2, 0.25) is 0 Å². The molecule has 0 unspecified atom stereocenters. The summed E-state index contributed by atoms with van der Waals surface area (Å²) in [6, 6.07) is 14.5. The van der Waals surface area contributed by atoms with Gasteiger partial charge in [-0.05, 0) is 36.8 Å². The van der Waals surface area contributed by atoms with E-state index in [-0.39, 0.29) is 18.4 Å². The van der Waals surface area contributed by atoms with Crippen molar-refractivity contribution in [2.45, 2.75) is 13.3 Å². The zero-order valence-corrected chi connectivity index (χ0v) is 16.9. The van der Waals surface area contributed by atoms with Crippen molar-refractivity contribution < 1.29 is 9.59 Å². The molecule has 1 heterocycles. The Labute approximate surface area is 173 Å². The van der Waals surface area contributed by atoms with Gasteiger partial charge in [0.15, 0.2) is 0 Å². The fourth-order valence-electron chi connectivity index (χ4n) is 2.66. The van der Waals surface area contributed by atoms with Crippen LogP contribution in [0.15, 0.2) is 66.6 Å². The number of rotatable bonds is 7. The highest BCUT2D eigenvalue weighted by Gasteiger charge is 2.07. The van der Waals surface area contributed by atoms with Crippen LogP contribution in [0.1, 0.15) is 10.6 Å². The molecule has 0 saturated carbocycles. The first-order chi connectivity index (χ1) is 14.0. The number of thiazole rings is 1. The van der Waals surface area contributed by atoms with E-state index in [0.717, 1.165) is 21.8 Å². The third-order valence-corrected chi connectivity index (χ3v) is 4.84. The van der Waals surface area contributed by atoms with Crippen LogP contribution < -0.4 is 16.0 Å². The molecule has 7 heteroatoms. The van der Waals surface area contributed by atoms with Crippen LogP contribution in [0.3, 0.4) is 0 Å². The van der Waals surface area contributed by atoms with E-state index in [1.165, 1.54) is 0 Å². The van der Waals surface area contributed by atoms with Crippen molar-refractivity contribution in [2.75, 3.05) is 17.2 Å². The summed E-state index contributed by atoms with van der Waals surface area (Å²) in [5.74, 6) is -0.105. The van der Waals surface area contributed by atoms with E-state index in [2.05, 4.69) is 27.5 Å². The summed E-state index contributed by atoms with van der Waals surface area (Å²) < 4.78 is 0. The van der Waals surface area contributed by atoms with Gasteiger partial charge in [-0.25, -0.2) is 9.78 Å². The molecular weight excluding hydrogens is 384 g/mol. The summed E-state index contributed by atoms with van der Waals surface area (Å²) in [5, 5.41) is 11.3. The second-order valence-corrected chi connectivity index (χ2v) is 7.44. The molecule has 0 aliphatic heterocycles. The molecular formula is C22H22N4O2S. The number of carbonyl (C=O) groups excluding carboxylic acids is 2. The highest BCUT2D eigenvalue weighted by molar-refractivity contribution is 7.09. The number of benzene rings is 2. The van der Waals surface area contributed by atoms with Gasteiger partial charge in [-0.15, -0.1) is 17.9 Å². The Balaban J connectivity index is 1.52. The van der Waals surface area contributed by atoms with Crippen LogP contribution in [0, 0.1) is 6.92 Å². The summed E-state index contributed by atoms with van der Waals surface area (Å²) in [6.07, 6.45) is 1.88. The van der Waals surface area contributed by atoms with Crippen LogP contribution in [0.5, 0.6) is 0 Å². The Morgan fingerprint density at radius 1 is 1.03 bits per heavy atom. The van der Waals surface area contributed by atoms with Gasteiger partial charge in [0.05, 0.1) is 17.1 Å². The molecule has 3 N–H and O–H groups in total. The van der Waals surface area contributed by atoms with Gasteiger partial charge in [-0.3, -0.25) is 4.79 Å². The molecule has 0 aliphatic carbocycles. The van der Waals surface area contributed by atoms with Crippen LogP contribution in [-0.4, -0.2) is 23.5 Å².